The van der Waals surface area contributed by atoms with E-state index in [4.69, 9.17) is 0 Å². The van der Waals surface area contributed by atoms with Crippen molar-refractivity contribution >= 4 is 22.5 Å². The molecular weight excluding hydrogens is 228 g/mol. The molecule has 0 bridgehead atoms. The summed E-state index contributed by atoms with van der Waals surface area (Å²) in [4.78, 5) is 12.0. The van der Waals surface area contributed by atoms with Crippen LogP contribution in [0.5, 0.6) is 0 Å². The Balaban J connectivity index is 1.92. The molecule has 1 N–H and O–H groups in total. The number of aromatic nitrogens is 1. The van der Waals surface area contributed by atoms with Gasteiger partial charge in [0.1, 0.15) is 6.26 Å². The van der Waals surface area contributed by atoms with Gasteiger partial charge in [0.2, 0.25) is 0 Å². The third-order valence-electron chi connectivity index (χ3n) is 2.69. The van der Waals surface area contributed by atoms with Gasteiger partial charge in [0, 0.05) is 11.6 Å². The molecule has 0 saturated heterocycles. The number of nitrogens with zero attached hydrogens (tertiary/aromatic N) is 1. The van der Waals surface area contributed by atoms with E-state index in [1.54, 1.807) is 12.1 Å². The maximum absolute atomic E-state index is 12.0. The fraction of sp³-hybridized carbons (Fsp3) is 0. The summed E-state index contributed by atoms with van der Waals surface area (Å²) in [7, 11) is 0. The monoisotopic (exact) mass is 238 g/mol. The zero-order valence-electron chi connectivity index (χ0n) is 9.46. The Kier molecular flexibility index (Phi) is 2.53. The van der Waals surface area contributed by atoms with Crippen LogP contribution in [0.25, 0.3) is 10.8 Å². The van der Waals surface area contributed by atoms with Crippen LogP contribution < -0.4 is 5.32 Å². The molecule has 0 spiro atoms. The molecule has 2 aromatic carbocycles. The first-order valence-corrected chi connectivity index (χ1v) is 5.53. The first-order chi connectivity index (χ1) is 8.83. The fourth-order valence-corrected chi connectivity index (χ4v) is 1.80. The van der Waals surface area contributed by atoms with Gasteiger partial charge in [0.15, 0.2) is 5.82 Å². The average Bonchev–Trinajstić information content (AvgIpc) is 2.91. The summed E-state index contributed by atoms with van der Waals surface area (Å²) in [6.45, 7) is 0. The summed E-state index contributed by atoms with van der Waals surface area (Å²) >= 11 is 0. The number of carbonyl (C=O) groups excluding carboxylic acids is 1. The lowest BCUT2D eigenvalue weighted by molar-refractivity contribution is 0.102. The second kappa shape index (κ2) is 4.33. The summed E-state index contributed by atoms with van der Waals surface area (Å²) in [5.41, 5.74) is 0.594. The van der Waals surface area contributed by atoms with E-state index in [1.165, 1.54) is 6.26 Å². The van der Waals surface area contributed by atoms with Crippen molar-refractivity contribution in [3.05, 3.63) is 60.4 Å². The van der Waals surface area contributed by atoms with E-state index in [2.05, 4.69) is 15.0 Å². The number of hydrogen-bond donors (Lipinski definition) is 1. The summed E-state index contributed by atoms with van der Waals surface area (Å²) in [6.07, 6.45) is 1.41. The smallest absolute Gasteiger partial charge is 0.256 e. The zero-order chi connectivity index (χ0) is 12.4. The lowest BCUT2D eigenvalue weighted by atomic mass is 10.1. The Morgan fingerprint density at radius 2 is 1.89 bits per heavy atom. The molecule has 4 nitrogen and oxygen atoms in total. The third-order valence-corrected chi connectivity index (χ3v) is 2.69. The number of rotatable bonds is 2. The average molecular weight is 238 g/mol. The van der Waals surface area contributed by atoms with Gasteiger partial charge in [0.05, 0.1) is 0 Å². The van der Waals surface area contributed by atoms with Gasteiger partial charge in [-0.15, -0.1) is 0 Å². The first-order valence-electron chi connectivity index (χ1n) is 5.53. The van der Waals surface area contributed by atoms with E-state index in [0.29, 0.717) is 11.4 Å². The van der Waals surface area contributed by atoms with Crippen LogP contribution in [0, 0.1) is 0 Å². The minimum absolute atomic E-state index is 0.199. The maximum atomic E-state index is 12.0. The molecular formula is C14H10N2O2. The molecule has 1 heterocycles. The molecule has 88 valence electrons. The van der Waals surface area contributed by atoms with E-state index < -0.39 is 0 Å². The molecule has 0 aliphatic carbocycles. The zero-order valence-corrected chi connectivity index (χ0v) is 9.46. The maximum Gasteiger partial charge on any atom is 0.256 e. The molecule has 0 atom stereocenters. The van der Waals surface area contributed by atoms with Crippen LogP contribution >= 0.6 is 0 Å². The number of benzene rings is 2. The molecule has 0 aliphatic heterocycles. The third kappa shape index (κ3) is 1.96. The number of hydrogen-bond acceptors (Lipinski definition) is 3. The molecule has 0 radical (unpaired) electrons. The predicted octanol–water partition coefficient (Wildman–Crippen LogP) is 3.08. The van der Waals surface area contributed by atoms with Crippen LogP contribution in [0.1, 0.15) is 10.4 Å². The van der Waals surface area contributed by atoms with Crippen LogP contribution in [0.2, 0.25) is 0 Å². The van der Waals surface area contributed by atoms with Crippen LogP contribution in [0.3, 0.4) is 0 Å². The molecule has 4 heteroatoms. The van der Waals surface area contributed by atoms with Gasteiger partial charge in [-0.2, -0.15) is 0 Å². The quantitative estimate of drug-likeness (QED) is 0.746. The van der Waals surface area contributed by atoms with Crippen LogP contribution in [-0.2, 0) is 0 Å². The number of anilines is 1. The standard InChI is InChI=1S/C14H10N2O2/c17-14(15-13-7-8-18-16-13)12-6-5-10-3-1-2-4-11(10)9-12/h1-9H,(H,15,16,17). The number of nitrogens with one attached hydrogen (secondary N) is 1. The van der Waals surface area contributed by atoms with Crippen LogP contribution in [0.4, 0.5) is 5.82 Å². The van der Waals surface area contributed by atoms with Crippen molar-refractivity contribution < 1.29 is 9.32 Å². The molecule has 3 rings (SSSR count). The summed E-state index contributed by atoms with van der Waals surface area (Å²) < 4.78 is 4.66. The molecule has 0 unspecified atom stereocenters. The van der Waals surface area contributed by atoms with Crippen molar-refractivity contribution in [2.45, 2.75) is 0 Å². The summed E-state index contributed by atoms with van der Waals surface area (Å²) in [6, 6.07) is 15.1. The molecule has 0 saturated carbocycles. The Morgan fingerprint density at radius 3 is 2.67 bits per heavy atom. The van der Waals surface area contributed by atoms with E-state index in [0.717, 1.165) is 10.8 Å². The topological polar surface area (TPSA) is 55.1 Å². The van der Waals surface area contributed by atoms with Crippen LogP contribution in [-0.4, -0.2) is 11.1 Å². The largest absolute Gasteiger partial charge is 0.363 e. The second-order valence-corrected chi connectivity index (χ2v) is 3.90. The lowest BCUT2D eigenvalue weighted by Gasteiger charge is -2.03. The van der Waals surface area contributed by atoms with Crippen molar-refractivity contribution in [2.75, 3.05) is 5.32 Å². The van der Waals surface area contributed by atoms with Gasteiger partial charge in [-0.25, -0.2) is 0 Å². The van der Waals surface area contributed by atoms with Crippen molar-refractivity contribution in [1.29, 1.82) is 0 Å². The molecule has 18 heavy (non-hydrogen) atoms. The summed E-state index contributed by atoms with van der Waals surface area (Å²) in [5, 5.41) is 8.44. The normalized spacial score (nSPS) is 10.4. The van der Waals surface area contributed by atoms with Gasteiger partial charge in [-0.05, 0) is 22.9 Å². The Bertz CT molecular complexity index is 690. The van der Waals surface area contributed by atoms with E-state index in [9.17, 15) is 4.79 Å². The van der Waals surface area contributed by atoms with Gasteiger partial charge >= 0.3 is 0 Å². The highest BCUT2D eigenvalue weighted by molar-refractivity contribution is 6.05. The minimum Gasteiger partial charge on any atom is -0.363 e. The van der Waals surface area contributed by atoms with Crippen molar-refractivity contribution in [1.82, 2.24) is 5.16 Å². The number of fused-ring (bicyclic) bond motifs is 1. The first kappa shape index (κ1) is 10.5. The fourth-order valence-electron chi connectivity index (χ4n) is 1.80. The molecule has 0 aliphatic rings. The predicted molar refractivity (Wildman–Crippen MR) is 68.4 cm³/mol. The van der Waals surface area contributed by atoms with Crippen molar-refractivity contribution in [3.8, 4) is 0 Å². The minimum atomic E-state index is -0.199. The van der Waals surface area contributed by atoms with Gasteiger partial charge < -0.3 is 9.84 Å². The van der Waals surface area contributed by atoms with Gasteiger partial charge in [-0.1, -0.05) is 35.5 Å². The lowest BCUT2D eigenvalue weighted by Crippen LogP contribution is -2.11. The number of carbonyl (C=O) groups is 1. The SMILES string of the molecule is O=C(Nc1ccon1)c1ccc2ccccc2c1. The highest BCUT2D eigenvalue weighted by Crippen LogP contribution is 2.16. The highest BCUT2D eigenvalue weighted by Gasteiger charge is 2.08. The molecule has 0 fully saturated rings. The van der Waals surface area contributed by atoms with Crippen molar-refractivity contribution in [2.24, 2.45) is 0 Å². The summed E-state index contributed by atoms with van der Waals surface area (Å²) in [5.74, 6) is 0.211. The van der Waals surface area contributed by atoms with Crippen molar-refractivity contribution in [3.63, 3.8) is 0 Å². The number of amides is 1. The Hall–Kier alpha value is -2.62. The van der Waals surface area contributed by atoms with E-state index in [1.807, 2.05) is 36.4 Å². The molecule has 1 amide bonds. The highest BCUT2D eigenvalue weighted by atomic mass is 16.5. The van der Waals surface area contributed by atoms with E-state index in [-0.39, 0.29) is 5.91 Å². The van der Waals surface area contributed by atoms with Gasteiger partial charge in [0.25, 0.3) is 5.91 Å². The van der Waals surface area contributed by atoms with Crippen LogP contribution in [0.15, 0.2) is 59.3 Å². The Morgan fingerprint density at radius 1 is 1.06 bits per heavy atom. The molecule has 3 aromatic rings. The van der Waals surface area contributed by atoms with E-state index >= 15 is 0 Å². The molecule has 1 aromatic heterocycles. The Labute approximate surface area is 103 Å². The van der Waals surface area contributed by atoms with Gasteiger partial charge in [-0.3, -0.25) is 4.79 Å². The second-order valence-electron chi connectivity index (χ2n) is 3.90.